The summed E-state index contributed by atoms with van der Waals surface area (Å²) in [5.74, 6) is -0.339. The summed E-state index contributed by atoms with van der Waals surface area (Å²) < 4.78 is 32.2. The minimum absolute atomic E-state index is 0.0203. The van der Waals surface area contributed by atoms with Crippen molar-refractivity contribution in [3.63, 3.8) is 0 Å². The number of alkyl carbamates (subject to hydrolysis) is 1. The summed E-state index contributed by atoms with van der Waals surface area (Å²) in [4.78, 5) is 31.5. The van der Waals surface area contributed by atoms with E-state index in [1.54, 1.807) is 37.8 Å². The van der Waals surface area contributed by atoms with Crippen LogP contribution in [-0.2, 0) is 26.0 Å². The van der Waals surface area contributed by atoms with E-state index in [-0.39, 0.29) is 17.2 Å². The average Bonchev–Trinajstić information content (AvgIpc) is 3.22. The molecule has 2 aromatic rings. The number of aliphatic hydroxyl groups excluding tert-OH is 1. The number of aryl methyl sites for hydroxylation is 1. The van der Waals surface area contributed by atoms with E-state index in [1.165, 1.54) is 24.7 Å². The first-order valence-corrected chi connectivity index (χ1v) is 12.6. The maximum absolute atomic E-state index is 13.2. The Labute approximate surface area is 200 Å². The van der Waals surface area contributed by atoms with Crippen molar-refractivity contribution in [1.82, 2.24) is 19.2 Å². The Balaban J connectivity index is 1.80. The SMILES string of the molecule is Cc1ccc(S(=O)(=O)n2cnc(CC(NC(=O)OC(C)(C)C)C(=O)N3CCC(O)CC3)c2)cc1. The molecule has 3 rings (SSSR count). The molecule has 11 heteroatoms. The van der Waals surface area contributed by atoms with E-state index in [1.807, 2.05) is 6.92 Å². The molecule has 2 N–H and O–H groups in total. The fourth-order valence-corrected chi connectivity index (χ4v) is 4.73. The van der Waals surface area contributed by atoms with Gasteiger partial charge in [0.25, 0.3) is 10.0 Å². The molecule has 1 saturated heterocycles. The van der Waals surface area contributed by atoms with Crippen LogP contribution in [0.4, 0.5) is 4.79 Å². The number of nitrogens with zero attached hydrogens (tertiary/aromatic N) is 3. The standard InChI is InChI=1S/C23H32N4O6S/c1-16-5-7-19(8-6-16)34(31,32)27-14-17(24-15-27)13-20(25-22(30)33-23(2,3)4)21(29)26-11-9-18(28)10-12-26/h5-8,14-15,18,20,28H,9-13H2,1-4H3,(H,25,30). The van der Waals surface area contributed by atoms with Crippen LogP contribution in [0, 0.1) is 6.92 Å². The molecule has 0 aliphatic carbocycles. The molecule has 1 aliphatic rings. The van der Waals surface area contributed by atoms with Gasteiger partial charge in [0.1, 0.15) is 18.0 Å². The largest absolute Gasteiger partial charge is 0.444 e. The molecule has 186 valence electrons. The van der Waals surface area contributed by atoms with Gasteiger partial charge in [0.2, 0.25) is 5.91 Å². The summed E-state index contributed by atoms with van der Waals surface area (Å²) in [6.07, 6.45) is 2.19. The molecule has 1 atom stereocenters. The molecule has 1 aromatic carbocycles. The molecule has 0 saturated carbocycles. The maximum atomic E-state index is 13.2. The summed E-state index contributed by atoms with van der Waals surface area (Å²) in [7, 11) is -3.85. The lowest BCUT2D eigenvalue weighted by atomic mass is 10.1. The van der Waals surface area contributed by atoms with Gasteiger partial charge in [0, 0.05) is 25.7 Å². The Morgan fingerprint density at radius 1 is 1.21 bits per heavy atom. The normalized spacial score (nSPS) is 16.2. The van der Waals surface area contributed by atoms with Crippen molar-refractivity contribution >= 4 is 22.0 Å². The topological polar surface area (TPSA) is 131 Å². The number of nitrogens with one attached hydrogen (secondary N) is 1. The number of aliphatic hydroxyl groups is 1. The van der Waals surface area contributed by atoms with Crippen molar-refractivity contribution in [3.05, 3.63) is 48.0 Å². The highest BCUT2D eigenvalue weighted by atomic mass is 32.2. The van der Waals surface area contributed by atoms with Crippen LogP contribution in [0.5, 0.6) is 0 Å². The van der Waals surface area contributed by atoms with Crippen molar-refractivity contribution in [2.75, 3.05) is 13.1 Å². The number of likely N-dealkylation sites (tertiary alicyclic amines) is 1. The smallest absolute Gasteiger partial charge is 0.408 e. The van der Waals surface area contributed by atoms with Crippen LogP contribution in [0.3, 0.4) is 0 Å². The van der Waals surface area contributed by atoms with Crippen LogP contribution in [-0.4, -0.2) is 70.2 Å². The first-order valence-electron chi connectivity index (χ1n) is 11.2. The Morgan fingerprint density at radius 3 is 2.41 bits per heavy atom. The van der Waals surface area contributed by atoms with E-state index in [9.17, 15) is 23.1 Å². The van der Waals surface area contributed by atoms with Crippen molar-refractivity contribution in [2.45, 2.75) is 69.6 Å². The minimum atomic E-state index is -3.85. The number of benzene rings is 1. The first-order chi connectivity index (χ1) is 15.8. The fourth-order valence-electron chi connectivity index (χ4n) is 3.58. The number of hydrogen-bond donors (Lipinski definition) is 2. The molecule has 10 nitrogen and oxygen atoms in total. The summed E-state index contributed by atoms with van der Waals surface area (Å²) in [6.45, 7) is 7.74. The molecule has 2 amide bonds. The van der Waals surface area contributed by atoms with Gasteiger partial charge in [0.15, 0.2) is 0 Å². The van der Waals surface area contributed by atoms with E-state index in [4.69, 9.17) is 4.74 Å². The van der Waals surface area contributed by atoms with E-state index >= 15 is 0 Å². The summed E-state index contributed by atoms with van der Waals surface area (Å²) in [5, 5.41) is 12.3. The Morgan fingerprint density at radius 2 is 1.82 bits per heavy atom. The monoisotopic (exact) mass is 492 g/mol. The highest BCUT2D eigenvalue weighted by Gasteiger charge is 2.31. The molecule has 1 aliphatic heterocycles. The number of piperidine rings is 1. The van der Waals surface area contributed by atoms with Gasteiger partial charge in [-0.1, -0.05) is 17.7 Å². The predicted octanol–water partition coefficient (Wildman–Crippen LogP) is 1.85. The highest BCUT2D eigenvalue weighted by molar-refractivity contribution is 7.90. The molecule has 1 aromatic heterocycles. The molecule has 0 bridgehead atoms. The molecule has 0 radical (unpaired) electrons. The first kappa shape index (κ1) is 25.7. The van der Waals surface area contributed by atoms with Crippen LogP contribution >= 0.6 is 0 Å². The second-order valence-electron chi connectivity index (χ2n) is 9.47. The molecule has 34 heavy (non-hydrogen) atoms. The Hall–Kier alpha value is -2.92. The number of imidazole rings is 1. The molecule has 2 heterocycles. The van der Waals surface area contributed by atoms with E-state index in [0.717, 1.165) is 9.54 Å². The van der Waals surface area contributed by atoms with Crippen molar-refractivity contribution < 1.29 is 27.9 Å². The third-order valence-corrected chi connectivity index (χ3v) is 7.01. The number of aromatic nitrogens is 2. The van der Waals surface area contributed by atoms with Gasteiger partial charge >= 0.3 is 6.09 Å². The lowest BCUT2D eigenvalue weighted by Crippen LogP contribution is -2.53. The Kier molecular flexibility index (Phi) is 7.67. The number of rotatable bonds is 6. The fraction of sp³-hybridized carbons (Fsp3) is 0.522. The van der Waals surface area contributed by atoms with Gasteiger partial charge in [-0.25, -0.2) is 22.2 Å². The van der Waals surface area contributed by atoms with Crippen molar-refractivity contribution in [3.8, 4) is 0 Å². The molecular formula is C23H32N4O6S. The average molecular weight is 493 g/mol. The summed E-state index contributed by atoms with van der Waals surface area (Å²) >= 11 is 0. The van der Waals surface area contributed by atoms with Gasteiger partial charge in [-0.05, 0) is 52.7 Å². The third kappa shape index (κ3) is 6.57. The predicted molar refractivity (Wildman–Crippen MR) is 125 cm³/mol. The van der Waals surface area contributed by atoms with Gasteiger partial charge in [-0.2, -0.15) is 0 Å². The minimum Gasteiger partial charge on any atom is -0.444 e. The second kappa shape index (κ2) is 10.1. The van der Waals surface area contributed by atoms with Crippen LogP contribution in [0.15, 0.2) is 41.7 Å². The maximum Gasteiger partial charge on any atom is 0.408 e. The van der Waals surface area contributed by atoms with Gasteiger partial charge in [0.05, 0.1) is 16.7 Å². The van der Waals surface area contributed by atoms with E-state index < -0.39 is 33.9 Å². The van der Waals surface area contributed by atoms with Crippen LogP contribution in [0.1, 0.15) is 44.9 Å². The number of ether oxygens (including phenoxy) is 1. The zero-order valence-electron chi connectivity index (χ0n) is 19.9. The summed E-state index contributed by atoms with van der Waals surface area (Å²) in [5.41, 5.74) is 0.503. The zero-order chi connectivity index (χ0) is 25.1. The van der Waals surface area contributed by atoms with Crippen molar-refractivity contribution in [1.29, 1.82) is 0 Å². The number of carbonyl (C=O) groups is 2. The second-order valence-corrected chi connectivity index (χ2v) is 11.3. The summed E-state index contributed by atoms with van der Waals surface area (Å²) in [6, 6.07) is 5.45. The number of amides is 2. The zero-order valence-corrected chi connectivity index (χ0v) is 20.7. The quantitative estimate of drug-likeness (QED) is 0.629. The van der Waals surface area contributed by atoms with Gasteiger partial charge in [-0.3, -0.25) is 4.79 Å². The van der Waals surface area contributed by atoms with Crippen LogP contribution < -0.4 is 5.32 Å². The van der Waals surface area contributed by atoms with Crippen LogP contribution in [0.25, 0.3) is 0 Å². The van der Waals surface area contributed by atoms with Crippen molar-refractivity contribution in [2.24, 2.45) is 0 Å². The third-order valence-electron chi connectivity index (χ3n) is 5.39. The van der Waals surface area contributed by atoms with Gasteiger partial charge in [-0.15, -0.1) is 0 Å². The highest BCUT2D eigenvalue weighted by Crippen LogP contribution is 2.17. The van der Waals surface area contributed by atoms with Gasteiger partial charge < -0.3 is 20.1 Å². The molecule has 1 unspecified atom stereocenters. The van der Waals surface area contributed by atoms with Crippen LogP contribution in [0.2, 0.25) is 0 Å². The van der Waals surface area contributed by atoms with E-state index in [0.29, 0.717) is 31.6 Å². The molecule has 1 fully saturated rings. The lowest BCUT2D eigenvalue weighted by molar-refractivity contribution is -0.135. The lowest BCUT2D eigenvalue weighted by Gasteiger charge is -2.32. The van der Waals surface area contributed by atoms with E-state index in [2.05, 4.69) is 10.3 Å². The molecule has 0 spiro atoms. The molecular weight excluding hydrogens is 460 g/mol. The Bertz CT molecular complexity index is 1110. The number of carbonyl (C=O) groups excluding carboxylic acids is 2. The number of hydrogen-bond acceptors (Lipinski definition) is 7.